The third kappa shape index (κ3) is 3.70. The van der Waals surface area contributed by atoms with Crippen molar-refractivity contribution >= 4 is 5.82 Å². The maximum Gasteiger partial charge on any atom is 0.148 e. The lowest BCUT2D eigenvalue weighted by Gasteiger charge is -2.29. The Morgan fingerprint density at radius 1 is 1.14 bits per heavy atom. The number of aryl methyl sites for hydroxylation is 1. The minimum atomic E-state index is 0.177. The Labute approximate surface area is 170 Å². The number of fused-ring (bicyclic) bond motifs is 2. The molecular weight excluding hydrogens is 364 g/mol. The summed E-state index contributed by atoms with van der Waals surface area (Å²) in [6, 6.07) is 10.8. The molecule has 7 heteroatoms. The van der Waals surface area contributed by atoms with Crippen LogP contribution in [0.3, 0.4) is 0 Å². The Morgan fingerprint density at radius 2 is 1.97 bits per heavy atom. The summed E-state index contributed by atoms with van der Waals surface area (Å²) in [5, 5.41) is 26.3. The molecule has 1 aromatic carbocycles. The maximum atomic E-state index is 10.5. The Hall–Kier alpha value is -2.93. The first-order valence-electron chi connectivity index (χ1n) is 10.3. The zero-order valence-electron chi connectivity index (χ0n) is 16.5. The van der Waals surface area contributed by atoms with Crippen LogP contribution in [0.4, 0.5) is 5.82 Å². The van der Waals surface area contributed by atoms with E-state index in [2.05, 4.69) is 25.8 Å². The molecule has 0 amide bonds. The van der Waals surface area contributed by atoms with Crippen molar-refractivity contribution in [2.75, 3.05) is 11.9 Å². The summed E-state index contributed by atoms with van der Waals surface area (Å²) in [6.07, 6.45) is 8.73. The summed E-state index contributed by atoms with van der Waals surface area (Å²) in [6.45, 7) is 2.86. The van der Waals surface area contributed by atoms with E-state index in [4.69, 9.17) is 0 Å². The molecule has 2 bridgehead atoms. The monoisotopic (exact) mass is 390 g/mol. The van der Waals surface area contributed by atoms with Crippen LogP contribution in [0.15, 0.2) is 42.7 Å². The number of aromatic nitrogens is 4. The number of imidazole rings is 1. The maximum absolute atomic E-state index is 10.5. The molecule has 2 aliphatic heterocycles. The molecule has 2 aliphatic rings. The van der Waals surface area contributed by atoms with Crippen molar-refractivity contribution in [3.05, 3.63) is 48.5 Å². The van der Waals surface area contributed by atoms with Gasteiger partial charge in [-0.3, -0.25) is 0 Å². The largest absolute Gasteiger partial charge is 0.507 e. The fourth-order valence-electron chi connectivity index (χ4n) is 4.70. The van der Waals surface area contributed by atoms with Crippen LogP contribution in [-0.2, 0) is 0 Å². The van der Waals surface area contributed by atoms with Crippen LogP contribution >= 0.6 is 0 Å². The smallest absolute Gasteiger partial charge is 0.148 e. The van der Waals surface area contributed by atoms with Crippen LogP contribution in [0, 0.1) is 12.8 Å². The standard InChI is InChI=1S/C22H26N6O/c1-14-23-8-9-28(14)18-4-5-19(21(29)12-18)20-6-7-22(27-26-20)24-13-15-10-16-2-3-17(11-15)25-16/h4-9,12,15-17,25,29H,2-3,10-11,13H2,1H3,(H,24,27). The fraction of sp³-hybridized carbons (Fsp3) is 0.409. The van der Waals surface area contributed by atoms with Gasteiger partial charge in [0.2, 0.25) is 0 Å². The lowest BCUT2D eigenvalue weighted by Crippen LogP contribution is -2.40. The predicted molar refractivity (Wildman–Crippen MR) is 112 cm³/mol. The Bertz CT molecular complexity index is 987. The van der Waals surface area contributed by atoms with Crippen molar-refractivity contribution in [3.63, 3.8) is 0 Å². The molecule has 7 nitrogen and oxygen atoms in total. The summed E-state index contributed by atoms with van der Waals surface area (Å²) < 4.78 is 1.93. The summed E-state index contributed by atoms with van der Waals surface area (Å²) in [7, 11) is 0. The van der Waals surface area contributed by atoms with E-state index in [1.807, 2.05) is 42.0 Å². The molecule has 5 rings (SSSR count). The second-order valence-corrected chi connectivity index (χ2v) is 8.21. The number of phenols is 1. The molecule has 2 atom stereocenters. The lowest BCUT2D eigenvalue weighted by atomic mass is 9.92. The number of piperidine rings is 1. The van der Waals surface area contributed by atoms with Crippen LogP contribution in [0.2, 0.25) is 0 Å². The zero-order valence-corrected chi connectivity index (χ0v) is 16.5. The number of benzene rings is 1. The molecule has 0 spiro atoms. The molecule has 2 aromatic heterocycles. The number of nitrogens with zero attached hydrogens (tertiary/aromatic N) is 4. The van der Waals surface area contributed by atoms with Crippen molar-refractivity contribution in [3.8, 4) is 22.7 Å². The topological polar surface area (TPSA) is 87.9 Å². The van der Waals surface area contributed by atoms with E-state index in [1.54, 1.807) is 12.3 Å². The average Bonchev–Trinajstić information content (AvgIpc) is 3.31. The Kier molecular flexibility index (Phi) is 4.67. The van der Waals surface area contributed by atoms with Crippen molar-refractivity contribution in [1.82, 2.24) is 25.1 Å². The number of rotatable bonds is 5. The Balaban J connectivity index is 1.26. The van der Waals surface area contributed by atoms with Gasteiger partial charge in [0.05, 0.1) is 11.4 Å². The second kappa shape index (κ2) is 7.48. The molecule has 2 saturated heterocycles. The molecule has 2 unspecified atom stereocenters. The van der Waals surface area contributed by atoms with Crippen LogP contribution in [-0.4, -0.2) is 43.5 Å². The number of nitrogens with one attached hydrogen (secondary N) is 2. The lowest BCUT2D eigenvalue weighted by molar-refractivity contribution is 0.311. The van der Waals surface area contributed by atoms with Gasteiger partial charge in [0.15, 0.2) is 0 Å². The number of anilines is 1. The molecular formula is C22H26N6O. The van der Waals surface area contributed by atoms with E-state index in [0.29, 0.717) is 29.3 Å². The van der Waals surface area contributed by atoms with E-state index in [-0.39, 0.29) is 5.75 Å². The van der Waals surface area contributed by atoms with Crippen molar-refractivity contribution in [2.45, 2.75) is 44.7 Å². The highest BCUT2D eigenvalue weighted by atomic mass is 16.3. The fourth-order valence-corrected chi connectivity index (χ4v) is 4.70. The van der Waals surface area contributed by atoms with E-state index in [1.165, 1.54) is 25.7 Å². The van der Waals surface area contributed by atoms with Gasteiger partial charge in [-0.05, 0) is 62.8 Å². The van der Waals surface area contributed by atoms with Gasteiger partial charge in [-0.2, -0.15) is 0 Å². The number of phenolic OH excluding ortho intramolecular Hbond substituents is 1. The number of aromatic hydroxyl groups is 1. The zero-order chi connectivity index (χ0) is 19.8. The second-order valence-electron chi connectivity index (χ2n) is 8.21. The minimum Gasteiger partial charge on any atom is -0.507 e. The summed E-state index contributed by atoms with van der Waals surface area (Å²) in [5.41, 5.74) is 2.19. The summed E-state index contributed by atoms with van der Waals surface area (Å²) in [5.74, 6) is 2.52. The third-order valence-electron chi connectivity index (χ3n) is 6.17. The summed E-state index contributed by atoms with van der Waals surface area (Å²) >= 11 is 0. The summed E-state index contributed by atoms with van der Waals surface area (Å²) in [4.78, 5) is 4.22. The van der Waals surface area contributed by atoms with Gasteiger partial charge < -0.3 is 20.3 Å². The highest BCUT2D eigenvalue weighted by Crippen LogP contribution is 2.32. The number of hydrogen-bond acceptors (Lipinski definition) is 6. The quantitative estimate of drug-likeness (QED) is 0.620. The van der Waals surface area contributed by atoms with Crippen LogP contribution in [0.5, 0.6) is 5.75 Å². The van der Waals surface area contributed by atoms with Crippen molar-refractivity contribution < 1.29 is 5.11 Å². The minimum absolute atomic E-state index is 0.177. The normalized spacial score (nSPS) is 23.3. The molecule has 29 heavy (non-hydrogen) atoms. The Morgan fingerprint density at radius 3 is 2.62 bits per heavy atom. The van der Waals surface area contributed by atoms with E-state index in [0.717, 1.165) is 23.9 Å². The first-order chi connectivity index (χ1) is 14.2. The molecule has 150 valence electrons. The molecule has 3 aromatic rings. The van der Waals surface area contributed by atoms with Crippen molar-refractivity contribution in [2.24, 2.45) is 5.92 Å². The molecule has 3 N–H and O–H groups in total. The molecule has 0 saturated carbocycles. The molecule has 4 heterocycles. The van der Waals surface area contributed by atoms with Gasteiger partial charge in [-0.25, -0.2) is 4.98 Å². The highest BCUT2D eigenvalue weighted by molar-refractivity contribution is 5.69. The number of hydrogen-bond donors (Lipinski definition) is 3. The van der Waals surface area contributed by atoms with Gasteiger partial charge in [0.25, 0.3) is 0 Å². The molecule has 0 aliphatic carbocycles. The SMILES string of the molecule is Cc1nccn1-c1ccc(-c2ccc(NCC3CC4CCC(C3)N4)nn2)c(O)c1. The molecule has 2 fully saturated rings. The van der Waals surface area contributed by atoms with Crippen LogP contribution < -0.4 is 10.6 Å². The van der Waals surface area contributed by atoms with Crippen LogP contribution in [0.25, 0.3) is 16.9 Å². The van der Waals surface area contributed by atoms with Gasteiger partial charge >= 0.3 is 0 Å². The molecule has 0 radical (unpaired) electrons. The first-order valence-corrected chi connectivity index (χ1v) is 10.3. The predicted octanol–water partition coefficient (Wildman–Crippen LogP) is 3.29. The van der Waals surface area contributed by atoms with Gasteiger partial charge in [0.1, 0.15) is 17.4 Å². The van der Waals surface area contributed by atoms with E-state index >= 15 is 0 Å². The average molecular weight is 390 g/mol. The van der Waals surface area contributed by atoms with Crippen LogP contribution in [0.1, 0.15) is 31.5 Å². The van der Waals surface area contributed by atoms with Gasteiger partial charge in [-0.1, -0.05) is 0 Å². The highest BCUT2D eigenvalue weighted by Gasteiger charge is 2.33. The first kappa shape index (κ1) is 18.1. The third-order valence-corrected chi connectivity index (χ3v) is 6.17. The van der Waals surface area contributed by atoms with Crippen molar-refractivity contribution in [1.29, 1.82) is 0 Å². The van der Waals surface area contributed by atoms with Gasteiger partial charge in [0, 0.05) is 42.7 Å². The van der Waals surface area contributed by atoms with E-state index < -0.39 is 0 Å². The van der Waals surface area contributed by atoms with E-state index in [9.17, 15) is 5.11 Å². The van der Waals surface area contributed by atoms with Gasteiger partial charge in [-0.15, -0.1) is 10.2 Å².